The fourth-order valence-electron chi connectivity index (χ4n) is 3.49. The Morgan fingerprint density at radius 3 is 2.38 bits per heavy atom. The zero-order chi connectivity index (χ0) is 24.2. The third kappa shape index (κ3) is 5.26. The van der Waals surface area contributed by atoms with Gasteiger partial charge < -0.3 is 19.9 Å². The third-order valence-corrected chi connectivity index (χ3v) is 6.00. The minimum atomic E-state index is -0.658. The Hall–Kier alpha value is -3.72. The summed E-state index contributed by atoms with van der Waals surface area (Å²) in [5.41, 5.74) is 8.51. The van der Waals surface area contributed by atoms with E-state index in [9.17, 15) is 13.6 Å². The lowest BCUT2D eigenvalue weighted by Crippen LogP contribution is -2.06. The smallest absolute Gasteiger partial charge is 0.341 e. The molecule has 4 rings (SSSR count). The zero-order valence-corrected chi connectivity index (χ0v) is 19.4. The largest absolute Gasteiger partial charge is 0.489 e. The molecule has 0 aliphatic heterocycles. The van der Waals surface area contributed by atoms with Gasteiger partial charge in [0, 0.05) is 29.3 Å². The second-order valence-electron chi connectivity index (χ2n) is 7.58. The highest BCUT2D eigenvalue weighted by Gasteiger charge is 2.18. The second-order valence-corrected chi connectivity index (χ2v) is 8.46. The van der Waals surface area contributed by atoms with E-state index in [2.05, 4.69) is 4.98 Å². The number of fused-ring (bicyclic) bond motifs is 1. The van der Waals surface area contributed by atoms with Gasteiger partial charge in [-0.15, -0.1) is 11.3 Å². The summed E-state index contributed by atoms with van der Waals surface area (Å²) in [6.45, 7) is 4.08. The number of thiophene rings is 1. The Kier molecular flexibility index (Phi) is 6.93. The highest BCUT2D eigenvalue weighted by molar-refractivity contribution is 7.17. The molecule has 0 saturated heterocycles. The maximum absolute atomic E-state index is 13.4. The molecular weight excluding hydrogens is 462 g/mol. The number of halogens is 2. The number of esters is 1. The van der Waals surface area contributed by atoms with E-state index in [0.717, 1.165) is 17.2 Å². The highest BCUT2D eigenvalue weighted by Crippen LogP contribution is 2.34. The van der Waals surface area contributed by atoms with Crippen LogP contribution in [0.3, 0.4) is 0 Å². The molecule has 4 aromatic rings. The molecule has 0 aliphatic rings. The minimum absolute atomic E-state index is 0.00554. The summed E-state index contributed by atoms with van der Waals surface area (Å²) >= 11 is 1.37. The van der Waals surface area contributed by atoms with Crippen LogP contribution >= 0.6 is 11.3 Å². The summed E-state index contributed by atoms with van der Waals surface area (Å²) < 4.78 is 44.3. The molecule has 0 atom stereocenters. The summed E-state index contributed by atoms with van der Waals surface area (Å²) in [5, 5.41) is 2.53. The Balaban J connectivity index is 1.51. The van der Waals surface area contributed by atoms with Gasteiger partial charge in [0.05, 0.1) is 16.9 Å². The lowest BCUT2D eigenvalue weighted by molar-refractivity contribution is 0.0528. The van der Waals surface area contributed by atoms with Gasteiger partial charge in [0.25, 0.3) is 0 Å². The van der Waals surface area contributed by atoms with Crippen LogP contribution in [-0.2, 0) is 18.0 Å². The number of rotatable bonds is 8. The molecular formula is C25H22F2N2O4S. The zero-order valence-electron chi connectivity index (χ0n) is 18.6. The van der Waals surface area contributed by atoms with Crippen molar-refractivity contribution in [3.63, 3.8) is 0 Å². The highest BCUT2D eigenvalue weighted by atomic mass is 32.1. The summed E-state index contributed by atoms with van der Waals surface area (Å²) in [6.07, 6.45) is 1.42. The summed E-state index contributed by atoms with van der Waals surface area (Å²) in [4.78, 5) is 16.4. The van der Waals surface area contributed by atoms with E-state index >= 15 is 0 Å². The van der Waals surface area contributed by atoms with Gasteiger partial charge in [0.15, 0.2) is 0 Å². The van der Waals surface area contributed by atoms with Gasteiger partial charge in [-0.2, -0.15) is 0 Å². The quantitative estimate of drug-likeness (QED) is 0.318. The van der Waals surface area contributed by atoms with Gasteiger partial charge in [-0.05, 0) is 54.6 Å². The predicted molar refractivity (Wildman–Crippen MR) is 126 cm³/mol. The number of hydrogen-bond acceptors (Lipinski definition) is 7. The molecule has 0 bridgehead atoms. The van der Waals surface area contributed by atoms with E-state index in [0.29, 0.717) is 38.5 Å². The SMILES string of the molecule is CCOC(=O)c1cnc(N)c2c(COc3cc(C)cc(OCc4cc(F)cc(F)c4)c3)csc12. The number of aryl methyl sites for hydroxylation is 1. The van der Waals surface area contributed by atoms with Crippen molar-refractivity contribution in [1.82, 2.24) is 4.98 Å². The van der Waals surface area contributed by atoms with Crippen LogP contribution in [-0.4, -0.2) is 17.6 Å². The van der Waals surface area contributed by atoms with Crippen LogP contribution in [0, 0.1) is 18.6 Å². The van der Waals surface area contributed by atoms with Crippen molar-refractivity contribution in [2.24, 2.45) is 0 Å². The maximum atomic E-state index is 13.4. The molecule has 0 aliphatic carbocycles. The first-order chi connectivity index (χ1) is 16.3. The topological polar surface area (TPSA) is 83.7 Å². The molecule has 0 amide bonds. The van der Waals surface area contributed by atoms with Crippen molar-refractivity contribution in [2.45, 2.75) is 27.1 Å². The van der Waals surface area contributed by atoms with Crippen LogP contribution in [0.5, 0.6) is 11.5 Å². The van der Waals surface area contributed by atoms with Gasteiger partial charge in [-0.3, -0.25) is 0 Å². The molecule has 2 N–H and O–H groups in total. The first-order valence-corrected chi connectivity index (χ1v) is 11.4. The molecule has 34 heavy (non-hydrogen) atoms. The maximum Gasteiger partial charge on any atom is 0.341 e. The first kappa shape index (κ1) is 23.4. The number of benzene rings is 2. The Morgan fingerprint density at radius 2 is 1.71 bits per heavy atom. The molecule has 2 aromatic carbocycles. The van der Waals surface area contributed by atoms with Crippen molar-refractivity contribution in [3.05, 3.63) is 81.9 Å². The normalized spacial score (nSPS) is 10.9. The fraction of sp³-hybridized carbons (Fsp3) is 0.200. The first-order valence-electron chi connectivity index (χ1n) is 10.5. The molecule has 6 nitrogen and oxygen atoms in total. The van der Waals surface area contributed by atoms with Crippen molar-refractivity contribution in [2.75, 3.05) is 12.3 Å². The standard InChI is InChI=1S/C25H22F2N2O4S/c1-3-31-25(30)21-10-29-24(28)22-16(13-34-23(21)22)12-33-20-5-14(2)4-19(9-20)32-11-15-6-17(26)8-18(27)7-15/h4-10,13H,3,11-12H2,1-2H3,(H2,28,29). The Morgan fingerprint density at radius 1 is 1.03 bits per heavy atom. The fourth-order valence-corrected chi connectivity index (χ4v) is 4.56. The molecule has 0 fully saturated rings. The number of aromatic nitrogens is 1. The van der Waals surface area contributed by atoms with Crippen molar-refractivity contribution < 1.29 is 27.8 Å². The van der Waals surface area contributed by atoms with Crippen LogP contribution in [0.15, 0.2) is 48.0 Å². The number of nitrogens with two attached hydrogens (primary N) is 1. The van der Waals surface area contributed by atoms with Gasteiger partial charge in [-0.1, -0.05) is 0 Å². The van der Waals surface area contributed by atoms with E-state index in [1.165, 1.54) is 29.7 Å². The monoisotopic (exact) mass is 484 g/mol. The molecule has 2 heterocycles. The van der Waals surface area contributed by atoms with Crippen molar-refractivity contribution >= 4 is 33.2 Å². The number of ether oxygens (including phenoxy) is 3. The summed E-state index contributed by atoms with van der Waals surface area (Å²) in [7, 11) is 0. The van der Waals surface area contributed by atoms with E-state index in [-0.39, 0.29) is 19.8 Å². The number of nitrogen functional groups attached to an aromatic ring is 1. The van der Waals surface area contributed by atoms with E-state index < -0.39 is 17.6 Å². The summed E-state index contributed by atoms with van der Waals surface area (Å²) in [6, 6.07) is 8.60. The lowest BCUT2D eigenvalue weighted by Gasteiger charge is -2.12. The Labute approximate surface area is 198 Å². The van der Waals surface area contributed by atoms with Crippen molar-refractivity contribution in [1.29, 1.82) is 0 Å². The van der Waals surface area contributed by atoms with Gasteiger partial charge in [0.1, 0.15) is 42.2 Å². The Bertz CT molecular complexity index is 1340. The molecule has 0 saturated carbocycles. The lowest BCUT2D eigenvalue weighted by atomic mass is 10.1. The van der Waals surface area contributed by atoms with Crippen LogP contribution in [0.25, 0.3) is 10.1 Å². The van der Waals surface area contributed by atoms with Crippen molar-refractivity contribution in [3.8, 4) is 11.5 Å². The molecule has 0 unspecified atom stereocenters. The average Bonchev–Trinajstić information content (AvgIpc) is 3.21. The second kappa shape index (κ2) is 10.0. The molecule has 176 valence electrons. The molecule has 0 spiro atoms. The van der Waals surface area contributed by atoms with E-state index in [1.807, 2.05) is 18.4 Å². The van der Waals surface area contributed by atoms with Crippen LogP contribution < -0.4 is 15.2 Å². The van der Waals surface area contributed by atoms with E-state index in [4.69, 9.17) is 19.9 Å². The van der Waals surface area contributed by atoms with Gasteiger partial charge in [-0.25, -0.2) is 18.6 Å². The molecule has 9 heteroatoms. The minimum Gasteiger partial charge on any atom is -0.489 e. The third-order valence-electron chi connectivity index (χ3n) is 4.94. The average molecular weight is 485 g/mol. The predicted octanol–water partition coefficient (Wildman–Crippen LogP) is 5.80. The van der Waals surface area contributed by atoms with Crippen LogP contribution in [0.4, 0.5) is 14.6 Å². The number of hydrogen-bond donors (Lipinski definition) is 1. The summed E-state index contributed by atoms with van der Waals surface area (Å²) in [5.74, 6) is -0.413. The van der Waals surface area contributed by atoms with E-state index in [1.54, 1.807) is 19.1 Å². The number of nitrogens with zero attached hydrogens (tertiary/aromatic N) is 1. The van der Waals surface area contributed by atoms with Gasteiger partial charge >= 0.3 is 5.97 Å². The van der Waals surface area contributed by atoms with Crippen LogP contribution in [0.2, 0.25) is 0 Å². The molecule has 0 radical (unpaired) electrons. The number of pyridine rings is 1. The number of carbonyl (C=O) groups excluding carboxylic acids is 1. The van der Waals surface area contributed by atoms with Gasteiger partial charge in [0.2, 0.25) is 0 Å². The molecule has 2 aromatic heterocycles. The number of carbonyl (C=O) groups is 1. The number of anilines is 1. The van der Waals surface area contributed by atoms with Crippen LogP contribution in [0.1, 0.15) is 34.0 Å².